The van der Waals surface area contributed by atoms with Crippen LogP contribution >= 0.6 is 22.6 Å². The van der Waals surface area contributed by atoms with Gasteiger partial charge in [-0.25, -0.2) is 9.37 Å². The van der Waals surface area contributed by atoms with Crippen LogP contribution in [0.1, 0.15) is 0 Å². The summed E-state index contributed by atoms with van der Waals surface area (Å²) in [6.45, 7) is 0. The van der Waals surface area contributed by atoms with E-state index in [-0.39, 0.29) is 5.82 Å². The molecule has 0 spiro atoms. The number of rotatable bonds is 0. The number of nitrogens with two attached hydrogens (primary N) is 1. The zero-order valence-electron chi connectivity index (χ0n) is 6.59. The van der Waals surface area contributed by atoms with Crippen molar-refractivity contribution in [3.05, 3.63) is 33.8 Å². The normalized spacial score (nSPS) is 10.6. The molecule has 1 aromatic carbocycles. The first-order valence-electron chi connectivity index (χ1n) is 3.67. The van der Waals surface area contributed by atoms with Crippen molar-refractivity contribution in [2.75, 3.05) is 5.73 Å². The molecule has 0 saturated heterocycles. The molecule has 0 atom stereocenters. The van der Waals surface area contributed by atoms with Crippen LogP contribution in [0.5, 0.6) is 0 Å². The first-order chi connectivity index (χ1) is 6.16. The fraction of sp³-hybridized carbons (Fsp3) is 0. The van der Waals surface area contributed by atoms with Crippen molar-refractivity contribution in [2.45, 2.75) is 0 Å². The van der Waals surface area contributed by atoms with Crippen molar-refractivity contribution in [3.8, 4) is 0 Å². The van der Waals surface area contributed by atoms with E-state index in [0.717, 1.165) is 10.8 Å². The van der Waals surface area contributed by atoms with Gasteiger partial charge < -0.3 is 5.73 Å². The number of anilines is 1. The lowest BCUT2D eigenvalue weighted by Gasteiger charge is -2.00. The molecule has 0 unspecified atom stereocenters. The fourth-order valence-corrected chi connectivity index (χ4v) is 1.65. The standard InChI is InChI=1S/C9H6FIN2/c10-7-1-6-4-13-9(12)3-5(6)2-8(7)11/h1-4H,(H2,12,13). The Morgan fingerprint density at radius 2 is 2.00 bits per heavy atom. The molecular weight excluding hydrogens is 282 g/mol. The lowest BCUT2D eigenvalue weighted by Crippen LogP contribution is -1.90. The van der Waals surface area contributed by atoms with Crippen molar-refractivity contribution in [3.63, 3.8) is 0 Å². The molecule has 1 heterocycles. The van der Waals surface area contributed by atoms with E-state index in [1.165, 1.54) is 6.07 Å². The monoisotopic (exact) mass is 288 g/mol. The summed E-state index contributed by atoms with van der Waals surface area (Å²) < 4.78 is 13.7. The molecule has 0 aliphatic rings. The molecule has 0 amide bonds. The Kier molecular flexibility index (Phi) is 2.07. The van der Waals surface area contributed by atoms with Crippen molar-refractivity contribution >= 4 is 39.2 Å². The Hall–Kier alpha value is -0.910. The summed E-state index contributed by atoms with van der Waals surface area (Å²) in [7, 11) is 0. The molecule has 2 rings (SSSR count). The van der Waals surface area contributed by atoms with Gasteiger partial charge >= 0.3 is 0 Å². The van der Waals surface area contributed by atoms with Gasteiger partial charge in [0.1, 0.15) is 11.6 Å². The van der Waals surface area contributed by atoms with E-state index in [0.29, 0.717) is 9.39 Å². The third kappa shape index (κ3) is 1.58. The maximum Gasteiger partial charge on any atom is 0.137 e. The molecular formula is C9H6FIN2. The van der Waals surface area contributed by atoms with Crippen molar-refractivity contribution in [1.82, 2.24) is 4.98 Å². The lowest BCUT2D eigenvalue weighted by atomic mass is 10.2. The third-order valence-corrected chi connectivity index (χ3v) is 2.61. The summed E-state index contributed by atoms with van der Waals surface area (Å²) in [5.41, 5.74) is 5.50. The molecule has 4 heteroatoms. The van der Waals surface area contributed by atoms with Crippen LogP contribution in [0, 0.1) is 9.39 Å². The second-order valence-electron chi connectivity index (χ2n) is 2.72. The number of aromatic nitrogens is 1. The van der Waals surface area contributed by atoms with Gasteiger partial charge in [-0.05, 0) is 46.2 Å². The molecule has 1 aromatic heterocycles. The van der Waals surface area contributed by atoms with Gasteiger partial charge in [-0.2, -0.15) is 0 Å². The van der Waals surface area contributed by atoms with Crippen molar-refractivity contribution in [1.29, 1.82) is 0 Å². The maximum atomic E-state index is 13.1. The predicted octanol–water partition coefficient (Wildman–Crippen LogP) is 2.56. The number of benzene rings is 1. The van der Waals surface area contributed by atoms with Crippen LogP contribution in [0.25, 0.3) is 10.8 Å². The van der Waals surface area contributed by atoms with Gasteiger partial charge in [0.05, 0.1) is 0 Å². The highest BCUT2D eigenvalue weighted by atomic mass is 127. The van der Waals surface area contributed by atoms with Crippen LogP contribution in [0.3, 0.4) is 0 Å². The van der Waals surface area contributed by atoms with Crippen LogP contribution in [-0.2, 0) is 0 Å². The molecule has 2 nitrogen and oxygen atoms in total. The van der Waals surface area contributed by atoms with Crippen LogP contribution in [-0.4, -0.2) is 4.98 Å². The summed E-state index contributed by atoms with van der Waals surface area (Å²) in [4.78, 5) is 3.89. The predicted molar refractivity (Wildman–Crippen MR) is 58.8 cm³/mol. The Balaban J connectivity index is 2.81. The molecule has 0 radical (unpaired) electrons. The number of halogens is 2. The Morgan fingerprint density at radius 1 is 1.23 bits per heavy atom. The quantitative estimate of drug-likeness (QED) is 0.757. The average molecular weight is 288 g/mol. The Labute approximate surface area is 88.1 Å². The Morgan fingerprint density at radius 3 is 2.77 bits per heavy atom. The minimum Gasteiger partial charge on any atom is -0.384 e. The number of nitrogen functional groups attached to an aromatic ring is 1. The molecule has 66 valence electrons. The van der Waals surface area contributed by atoms with Gasteiger partial charge in [-0.1, -0.05) is 0 Å². The molecule has 0 bridgehead atoms. The van der Waals surface area contributed by atoms with E-state index >= 15 is 0 Å². The van der Waals surface area contributed by atoms with Crippen LogP contribution in [0.2, 0.25) is 0 Å². The van der Waals surface area contributed by atoms with Crippen LogP contribution in [0.15, 0.2) is 24.4 Å². The first-order valence-corrected chi connectivity index (χ1v) is 4.75. The minimum absolute atomic E-state index is 0.223. The van der Waals surface area contributed by atoms with Crippen LogP contribution < -0.4 is 5.73 Å². The summed E-state index contributed by atoms with van der Waals surface area (Å²) in [5.74, 6) is 0.231. The van der Waals surface area contributed by atoms with Gasteiger partial charge in [0.25, 0.3) is 0 Å². The van der Waals surface area contributed by atoms with E-state index in [1.54, 1.807) is 18.3 Å². The second-order valence-corrected chi connectivity index (χ2v) is 3.88. The average Bonchev–Trinajstić information content (AvgIpc) is 2.08. The van der Waals surface area contributed by atoms with Crippen molar-refractivity contribution in [2.24, 2.45) is 0 Å². The molecule has 0 saturated carbocycles. The van der Waals surface area contributed by atoms with E-state index in [4.69, 9.17) is 5.73 Å². The summed E-state index contributed by atoms with van der Waals surface area (Å²) in [6.07, 6.45) is 1.57. The van der Waals surface area contributed by atoms with Gasteiger partial charge in [0.2, 0.25) is 0 Å². The molecule has 2 aromatic rings. The SMILES string of the molecule is Nc1cc2cc(I)c(F)cc2cn1. The fourth-order valence-electron chi connectivity index (χ4n) is 1.16. The van der Waals surface area contributed by atoms with E-state index < -0.39 is 0 Å². The number of hydrogen-bond donors (Lipinski definition) is 1. The smallest absolute Gasteiger partial charge is 0.137 e. The van der Waals surface area contributed by atoms with Crippen molar-refractivity contribution < 1.29 is 4.39 Å². The number of nitrogens with zero attached hydrogens (tertiary/aromatic N) is 1. The molecule has 0 aliphatic heterocycles. The molecule has 2 N–H and O–H groups in total. The largest absolute Gasteiger partial charge is 0.384 e. The highest BCUT2D eigenvalue weighted by Gasteiger charge is 2.02. The van der Waals surface area contributed by atoms with E-state index in [2.05, 4.69) is 4.98 Å². The molecule has 0 aliphatic carbocycles. The van der Waals surface area contributed by atoms with Gasteiger partial charge in [0.15, 0.2) is 0 Å². The second kappa shape index (κ2) is 3.10. The van der Waals surface area contributed by atoms with Gasteiger partial charge in [0, 0.05) is 15.2 Å². The zero-order valence-corrected chi connectivity index (χ0v) is 8.75. The van der Waals surface area contributed by atoms with Crippen LogP contribution in [0.4, 0.5) is 10.2 Å². The number of fused-ring (bicyclic) bond motifs is 1. The number of hydrogen-bond acceptors (Lipinski definition) is 2. The molecule has 13 heavy (non-hydrogen) atoms. The molecule has 0 fully saturated rings. The van der Waals surface area contributed by atoms with E-state index in [1.807, 2.05) is 22.6 Å². The summed E-state index contributed by atoms with van der Waals surface area (Å²) in [5, 5.41) is 1.69. The van der Waals surface area contributed by atoms with Gasteiger partial charge in [-0.15, -0.1) is 0 Å². The third-order valence-electron chi connectivity index (χ3n) is 1.78. The first kappa shape index (κ1) is 8.68. The van der Waals surface area contributed by atoms with Gasteiger partial charge in [-0.3, -0.25) is 0 Å². The lowest BCUT2D eigenvalue weighted by molar-refractivity contribution is 0.622. The van der Waals surface area contributed by atoms with E-state index in [9.17, 15) is 4.39 Å². The highest BCUT2D eigenvalue weighted by Crippen LogP contribution is 2.20. The highest BCUT2D eigenvalue weighted by molar-refractivity contribution is 14.1. The topological polar surface area (TPSA) is 38.9 Å². The summed E-state index contributed by atoms with van der Waals surface area (Å²) in [6, 6.07) is 4.95. The maximum absolute atomic E-state index is 13.1. The minimum atomic E-state index is -0.223. The Bertz CT molecular complexity index is 470. The summed E-state index contributed by atoms with van der Waals surface area (Å²) >= 11 is 1.95. The number of pyridine rings is 1. The zero-order chi connectivity index (χ0) is 9.42.